The van der Waals surface area contributed by atoms with E-state index in [0.29, 0.717) is 0 Å². The molecule has 4 atom stereocenters. The second-order valence-electron chi connectivity index (χ2n) is 3.78. The molecule has 0 spiro atoms. The average Bonchev–Trinajstić information content (AvgIpc) is 2.23. The van der Waals surface area contributed by atoms with Crippen molar-refractivity contribution in [1.29, 1.82) is 0 Å². The third-order valence-electron chi connectivity index (χ3n) is 2.14. The van der Waals surface area contributed by atoms with Gasteiger partial charge in [0, 0.05) is 5.25 Å². The van der Waals surface area contributed by atoms with Crippen molar-refractivity contribution in [2.24, 2.45) is 5.92 Å². The third-order valence-corrected chi connectivity index (χ3v) is 3.02. The molecular formula is C9H18O5S. The Bertz CT molecular complexity index is 209. The van der Waals surface area contributed by atoms with Crippen LogP contribution < -0.4 is 0 Å². The van der Waals surface area contributed by atoms with Crippen molar-refractivity contribution in [3.05, 3.63) is 0 Å². The van der Waals surface area contributed by atoms with Gasteiger partial charge in [0.2, 0.25) is 0 Å². The van der Waals surface area contributed by atoms with E-state index in [1.807, 2.05) is 0 Å². The molecule has 0 bridgehead atoms. The first-order valence-corrected chi connectivity index (χ1v) is 5.21. The first-order valence-electron chi connectivity index (χ1n) is 4.69. The average molecular weight is 238 g/mol. The summed E-state index contributed by atoms with van der Waals surface area (Å²) < 4.78 is 0. The van der Waals surface area contributed by atoms with E-state index in [9.17, 15) is 15.0 Å². The molecule has 0 aliphatic rings. The molecule has 1 unspecified atom stereocenters. The second-order valence-corrected chi connectivity index (χ2v) is 4.37. The summed E-state index contributed by atoms with van der Waals surface area (Å²) in [5.41, 5.74) is 0. The van der Waals surface area contributed by atoms with Crippen LogP contribution in [0.2, 0.25) is 0 Å². The highest BCUT2D eigenvalue weighted by Gasteiger charge is 2.33. The molecule has 6 heteroatoms. The van der Waals surface area contributed by atoms with Gasteiger partial charge in [-0.2, -0.15) is 12.6 Å². The molecule has 0 radical (unpaired) electrons. The summed E-state index contributed by atoms with van der Waals surface area (Å²) in [6.07, 6.45) is -4.80. The fraction of sp³-hybridized carbons (Fsp3) is 0.889. The van der Waals surface area contributed by atoms with E-state index in [0.717, 1.165) is 0 Å². The van der Waals surface area contributed by atoms with Gasteiger partial charge in [0.05, 0.1) is 6.61 Å². The lowest BCUT2D eigenvalue weighted by Gasteiger charge is -2.23. The van der Waals surface area contributed by atoms with E-state index >= 15 is 0 Å². The fourth-order valence-electron chi connectivity index (χ4n) is 0.997. The van der Waals surface area contributed by atoms with Crippen molar-refractivity contribution < 1.29 is 25.2 Å². The summed E-state index contributed by atoms with van der Waals surface area (Å²) in [4.78, 5) is 11.4. The van der Waals surface area contributed by atoms with E-state index < -0.39 is 36.0 Å². The summed E-state index contributed by atoms with van der Waals surface area (Å²) in [5.74, 6) is -0.976. The van der Waals surface area contributed by atoms with Gasteiger partial charge in [0.25, 0.3) is 0 Å². The van der Waals surface area contributed by atoms with Gasteiger partial charge in [-0.05, 0) is 5.92 Å². The minimum absolute atomic E-state index is 0.0502. The molecule has 0 saturated heterocycles. The fourth-order valence-corrected chi connectivity index (χ4v) is 1.14. The summed E-state index contributed by atoms with van der Waals surface area (Å²) in [6, 6.07) is 0. The predicted octanol–water partition coefficient (Wildman–Crippen LogP) is -1.42. The Balaban J connectivity index is 4.43. The van der Waals surface area contributed by atoms with Gasteiger partial charge in [0.1, 0.15) is 18.3 Å². The Kier molecular flexibility index (Phi) is 6.38. The van der Waals surface area contributed by atoms with Crippen LogP contribution in [0.3, 0.4) is 0 Å². The maximum atomic E-state index is 11.4. The summed E-state index contributed by atoms with van der Waals surface area (Å²) in [7, 11) is 0. The number of hydrogen-bond donors (Lipinski definition) is 5. The SMILES string of the molecule is CC(C)C(S)[C@H](O)C(=O)[C@@H](O)[C@H](O)CO. The topological polar surface area (TPSA) is 98.0 Å². The molecule has 0 aliphatic heterocycles. The molecule has 0 aromatic heterocycles. The number of rotatable bonds is 6. The van der Waals surface area contributed by atoms with Crippen LogP contribution >= 0.6 is 12.6 Å². The Morgan fingerprint density at radius 3 is 2.00 bits per heavy atom. The molecule has 0 aromatic rings. The lowest BCUT2D eigenvalue weighted by Crippen LogP contribution is -2.46. The number of thiol groups is 1. The lowest BCUT2D eigenvalue weighted by molar-refractivity contribution is -0.143. The predicted molar refractivity (Wildman–Crippen MR) is 57.7 cm³/mol. The van der Waals surface area contributed by atoms with E-state index in [1.165, 1.54) is 0 Å². The number of aliphatic hydroxyl groups is 4. The zero-order chi connectivity index (χ0) is 12.2. The van der Waals surface area contributed by atoms with E-state index in [-0.39, 0.29) is 5.92 Å². The van der Waals surface area contributed by atoms with E-state index in [4.69, 9.17) is 10.2 Å². The highest BCUT2D eigenvalue weighted by molar-refractivity contribution is 7.81. The van der Waals surface area contributed by atoms with Crippen molar-refractivity contribution >= 4 is 18.4 Å². The number of carbonyl (C=O) groups excluding carboxylic acids is 1. The van der Waals surface area contributed by atoms with Gasteiger partial charge in [-0.3, -0.25) is 4.79 Å². The molecule has 0 heterocycles. The second kappa shape index (κ2) is 6.44. The molecule has 0 amide bonds. The zero-order valence-corrected chi connectivity index (χ0v) is 9.63. The maximum Gasteiger partial charge on any atom is 0.193 e. The maximum absolute atomic E-state index is 11.4. The Labute approximate surface area is 94.2 Å². The van der Waals surface area contributed by atoms with Crippen LogP contribution in [0, 0.1) is 5.92 Å². The Hall–Kier alpha value is -0.140. The zero-order valence-electron chi connectivity index (χ0n) is 8.74. The molecule has 15 heavy (non-hydrogen) atoms. The summed E-state index contributed by atoms with van der Waals surface area (Å²) >= 11 is 4.03. The van der Waals surface area contributed by atoms with Crippen molar-refractivity contribution in [3.63, 3.8) is 0 Å². The van der Waals surface area contributed by atoms with Gasteiger partial charge >= 0.3 is 0 Å². The highest BCUT2D eigenvalue weighted by Crippen LogP contribution is 2.15. The minimum atomic E-state index is -1.78. The molecule has 5 nitrogen and oxygen atoms in total. The van der Waals surface area contributed by atoms with Crippen molar-refractivity contribution in [2.75, 3.05) is 6.61 Å². The quantitative estimate of drug-likeness (QED) is 0.366. The third kappa shape index (κ3) is 4.08. The van der Waals surface area contributed by atoms with Crippen molar-refractivity contribution in [3.8, 4) is 0 Å². The monoisotopic (exact) mass is 238 g/mol. The van der Waals surface area contributed by atoms with Crippen LogP contribution in [0.25, 0.3) is 0 Å². The molecular weight excluding hydrogens is 220 g/mol. The number of carbonyl (C=O) groups is 1. The van der Waals surface area contributed by atoms with Gasteiger partial charge < -0.3 is 20.4 Å². The van der Waals surface area contributed by atoms with E-state index in [2.05, 4.69) is 12.6 Å². The van der Waals surface area contributed by atoms with Gasteiger partial charge in [-0.15, -0.1) is 0 Å². The molecule has 90 valence electrons. The molecule has 0 aromatic carbocycles. The number of ketones is 1. The Morgan fingerprint density at radius 1 is 1.20 bits per heavy atom. The standard InChI is InChI=1S/C9H18O5S/c1-4(2)9(15)8(14)7(13)6(12)5(11)3-10/h4-6,8-12,14-15H,3H2,1-2H3/t5-,6+,8-,9?/m1/s1. The van der Waals surface area contributed by atoms with Crippen LogP contribution in [0.4, 0.5) is 0 Å². The number of Topliss-reactive ketones (excluding diaryl/α,β-unsaturated/α-hetero) is 1. The van der Waals surface area contributed by atoms with Gasteiger partial charge in [-0.1, -0.05) is 13.8 Å². The summed E-state index contributed by atoms with van der Waals surface area (Å²) in [5, 5.41) is 35.6. The molecule has 0 fully saturated rings. The van der Waals surface area contributed by atoms with Gasteiger partial charge in [-0.25, -0.2) is 0 Å². The van der Waals surface area contributed by atoms with Crippen LogP contribution in [0.1, 0.15) is 13.8 Å². The van der Waals surface area contributed by atoms with Crippen LogP contribution in [-0.4, -0.2) is 56.4 Å². The lowest BCUT2D eigenvalue weighted by atomic mass is 9.97. The molecule has 0 aliphatic carbocycles. The minimum Gasteiger partial charge on any atom is -0.394 e. The first-order chi connectivity index (χ1) is 6.82. The van der Waals surface area contributed by atoms with Crippen molar-refractivity contribution in [2.45, 2.75) is 37.4 Å². The Morgan fingerprint density at radius 2 is 1.67 bits per heavy atom. The number of hydrogen-bond acceptors (Lipinski definition) is 6. The first kappa shape index (κ1) is 14.9. The van der Waals surface area contributed by atoms with Gasteiger partial charge in [0.15, 0.2) is 5.78 Å². The van der Waals surface area contributed by atoms with Crippen LogP contribution in [0.15, 0.2) is 0 Å². The van der Waals surface area contributed by atoms with E-state index in [1.54, 1.807) is 13.8 Å². The smallest absolute Gasteiger partial charge is 0.193 e. The summed E-state index contributed by atoms with van der Waals surface area (Å²) in [6.45, 7) is 2.80. The largest absolute Gasteiger partial charge is 0.394 e. The van der Waals surface area contributed by atoms with Crippen LogP contribution in [0.5, 0.6) is 0 Å². The molecule has 0 saturated carbocycles. The van der Waals surface area contributed by atoms with Crippen molar-refractivity contribution in [1.82, 2.24) is 0 Å². The molecule has 4 N–H and O–H groups in total. The molecule has 0 rings (SSSR count). The highest BCUT2D eigenvalue weighted by atomic mass is 32.1. The normalized spacial score (nSPS) is 19.7. The van der Waals surface area contributed by atoms with Crippen LogP contribution in [-0.2, 0) is 4.79 Å². The number of aliphatic hydroxyl groups excluding tert-OH is 4.